The highest BCUT2D eigenvalue weighted by Gasteiger charge is 2.13. The summed E-state index contributed by atoms with van der Waals surface area (Å²) in [5.74, 6) is 0.621. The summed E-state index contributed by atoms with van der Waals surface area (Å²) >= 11 is 0. The molecule has 0 saturated carbocycles. The van der Waals surface area contributed by atoms with E-state index in [1.807, 2.05) is 65.9 Å². The van der Waals surface area contributed by atoms with Crippen LogP contribution in [0.15, 0.2) is 55.0 Å². The fraction of sp³-hybridized carbons (Fsp3) is 0.238. The largest absolute Gasteiger partial charge is 0.354 e. The topological polar surface area (TPSA) is 73.5 Å². The third-order valence-electron chi connectivity index (χ3n) is 4.77. The molecule has 0 aliphatic carbocycles. The van der Waals surface area contributed by atoms with Crippen LogP contribution in [0.5, 0.6) is 0 Å². The number of aryl methyl sites for hydroxylation is 2. The van der Waals surface area contributed by atoms with E-state index in [1.165, 1.54) is 0 Å². The Balaban J connectivity index is 1.42. The smallest absolute Gasteiger partial charge is 0.223 e. The van der Waals surface area contributed by atoms with Crippen LogP contribution in [0.2, 0.25) is 0 Å². The van der Waals surface area contributed by atoms with Crippen molar-refractivity contribution in [2.45, 2.75) is 20.3 Å². The number of aromatic nitrogens is 6. The zero-order valence-electron chi connectivity index (χ0n) is 16.3. The van der Waals surface area contributed by atoms with Crippen LogP contribution in [0.1, 0.15) is 17.0 Å². The van der Waals surface area contributed by atoms with Gasteiger partial charge in [-0.15, -0.1) is 0 Å². The predicted molar refractivity (Wildman–Crippen MR) is 109 cm³/mol. The van der Waals surface area contributed by atoms with Gasteiger partial charge in [-0.2, -0.15) is 10.2 Å². The van der Waals surface area contributed by atoms with E-state index < -0.39 is 0 Å². The zero-order valence-corrected chi connectivity index (χ0v) is 16.3. The van der Waals surface area contributed by atoms with Crippen LogP contribution in [0.3, 0.4) is 0 Å². The molecule has 0 amide bonds. The first-order valence-corrected chi connectivity index (χ1v) is 9.28. The van der Waals surface area contributed by atoms with Crippen LogP contribution in [-0.4, -0.2) is 36.1 Å². The number of nitrogens with zero attached hydrogens (tertiary/aromatic N) is 6. The first-order chi connectivity index (χ1) is 13.6. The third-order valence-corrected chi connectivity index (χ3v) is 4.77. The van der Waals surface area contributed by atoms with Gasteiger partial charge in [0.05, 0.1) is 23.3 Å². The van der Waals surface area contributed by atoms with Crippen LogP contribution in [0.4, 0.5) is 5.95 Å². The minimum atomic E-state index is 0.621. The monoisotopic (exact) mass is 373 g/mol. The molecular formula is C21H23N7. The van der Waals surface area contributed by atoms with Gasteiger partial charge in [-0.05, 0) is 44.0 Å². The van der Waals surface area contributed by atoms with Crippen LogP contribution < -0.4 is 5.32 Å². The quantitative estimate of drug-likeness (QED) is 0.561. The summed E-state index contributed by atoms with van der Waals surface area (Å²) in [7, 11) is 1.95. The first-order valence-electron chi connectivity index (χ1n) is 9.28. The van der Waals surface area contributed by atoms with Crippen LogP contribution in [-0.2, 0) is 13.5 Å². The van der Waals surface area contributed by atoms with E-state index in [9.17, 15) is 0 Å². The van der Waals surface area contributed by atoms with E-state index in [-0.39, 0.29) is 0 Å². The Kier molecular flexibility index (Phi) is 4.89. The third kappa shape index (κ3) is 3.64. The van der Waals surface area contributed by atoms with Crippen molar-refractivity contribution in [3.8, 4) is 16.9 Å². The molecule has 0 aliphatic rings. The predicted octanol–water partition coefficient (Wildman–Crippen LogP) is 3.33. The molecule has 4 rings (SSSR count). The molecule has 0 radical (unpaired) electrons. The maximum atomic E-state index is 4.67. The maximum absolute atomic E-state index is 4.67. The van der Waals surface area contributed by atoms with Crippen LogP contribution >= 0.6 is 0 Å². The molecule has 1 aromatic carbocycles. The van der Waals surface area contributed by atoms with Gasteiger partial charge in [0, 0.05) is 37.2 Å². The molecule has 0 fully saturated rings. The second kappa shape index (κ2) is 7.64. The van der Waals surface area contributed by atoms with Crippen LogP contribution in [0.25, 0.3) is 16.9 Å². The van der Waals surface area contributed by atoms with E-state index in [1.54, 1.807) is 6.20 Å². The lowest BCUT2D eigenvalue weighted by Gasteiger charge is -2.06. The number of rotatable bonds is 6. The Hall–Kier alpha value is -3.48. The molecule has 0 saturated heterocycles. The number of hydrogen-bond donors (Lipinski definition) is 1. The van der Waals surface area contributed by atoms with E-state index in [0.717, 1.165) is 46.9 Å². The highest BCUT2D eigenvalue weighted by Crippen LogP contribution is 2.25. The fourth-order valence-corrected chi connectivity index (χ4v) is 3.26. The summed E-state index contributed by atoms with van der Waals surface area (Å²) in [6.45, 7) is 4.78. The lowest BCUT2D eigenvalue weighted by molar-refractivity contribution is 0.731. The van der Waals surface area contributed by atoms with Crippen molar-refractivity contribution in [1.29, 1.82) is 0 Å². The molecule has 3 heterocycles. The lowest BCUT2D eigenvalue weighted by Crippen LogP contribution is -2.08. The molecule has 0 atom stereocenters. The Morgan fingerprint density at radius 1 is 1.07 bits per heavy atom. The van der Waals surface area contributed by atoms with E-state index in [2.05, 4.69) is 38.6 Å². The standard InChI is InChI=1S/C21H23N7/c1-15-20(16(2)27(3)26-15)19-10-12-23-21(25-19)22-11-9-17-13-24-28(14-17)18-7-5-4-6-8-18/h4-8,10,12-14H,9,11H2,1-3H3,(H,22,23,25). The van der Waals surface area contributed by atoms with Crippen molar-refractivity contribution in [3.63, 3.8) is 0 Å². The van der Waals surface area contributed by atoms with Crippen LogP contribution in [0, 0.1) is 13.8 Å². The van der Waals surface area contributed by atoms with Gasteiger partial charge in [-0.1, -0.05) is 18.2 Å². The first kappa shape index (κ1) is 17.9. The summed E-state index contributed by atoms with van der Waals surface area (Å²) in [6, 6.07) is 12.0. The number of anilines is 1. The summed E-state index contributed by atoms with van der Waals surface area (Å²) in [6.07, 6.45) is 6.57. The Morgan fingerprint density at radius 3 is 2.64 bits per heavy atom. The average Bonchev–Trinajstić information content (AvgIpc) is 3.27. The number of para-hydroxylation sites is 1. The lowest BCUT2D eigenvalue weighted by atomic mass is 10.1. The normalized spacial score (nSPS) is 11.0. The van der Waals surface area contributed by atoms with Crippen molar-refractivity contribution in [1.82, 2.24) is 29.5 Å². The molecular weight excluding hydrogens is 350 g/mol. The molecule has 7 nitrogen and oxygen atoms in total. The molecule has 0 spiro atoms. The van der Waals surface area contributed by atoms with Gasteiger partial charge in [-0.3, -0.25) is 4.68 Å². The van der Waals surface area contributed by atoms with Gasteiger partial charge in [-0.25, -0.2) is 14.6 Å². The van der Waals surface area contributed by atoms with E-state index in [0.29, 0.717) is 5.95 Å². The maximum Gasteiger partial charge on any atom is 0.223 e. The highest BCUT2D eigenvalue weighted by molar-refractivity contribution is 5.65. The number of nitrogens with one attached hydrogen (secondary N) is 1. The molecule has 0 bridgehead atoms. The second-order valence-corrected chi connectivity index (χ2v) is 6.74. The average molecular weight is 373 g/mol. The van der Waals surface area contributed by atoms with Gasteiger partial charge < -0.3 is 5.32 Å². The van der Waals surface area contributed by atoms with Gasteiger partial charge >= 0.3 is 0 Å². The van der Waals surface area contributed by atoms with Gasteiger partial charge in [0.25, 0.3) is 0 Å². The van der Waals surface area contributed by atoms with Crippen molar-refractivity contribution < 1.29 is 0 Å². The number of hydrogen-bond acceptors (Lipinski definition) is 5. The van der Waals surface area contributed by atoms with Crippen molar-refractivity contribution in [3.05, 3.63) is 71.9 Å². The highest BCUT2D eigenvalue weighted by atomic mass is 15.3. The minimum Gasteiger partial charge on any atom is -0.354 e. The second-order valence-electron chi connectivity index (χ2n) is 6.74. The molecule has 1 N–H and O–H groups in total. The van der Waals surface area contributed by atoms with Gasteiger partial charge in [0.15, 0.2) is 0 Å². The Labute approximate surface area is 164 Å². The Bertz CT molecular complexity index is 1080. The number of benzene rings is 1. The minimum absolute atomic E-state index is 0.621. The molecule has 0 aliphatic heterocycles. The summed E-state index contributed by atoms with van der Waals surface area (Å²) in [5.41, 5.74) is 6.23. The summed E-state index contributed by atoms with van der Waals surface area (Å²) < 4.78 is 3.77. The molecule has 4 aromatic rings. The molecule has 3 aromatic heterocycles. The van der Waals surface area contributed by atoms with Crippen molar-refractivity contribution in [2.24, 2.45) is 7.05 Å². The van der Waals surface area contributed by atoms with Gasteiger partial charge in [0.1, 0.15) is 0 Å². The van der Waals surface area contributed by atoms with Gasteiger partial charge in [0.2, 0.25) is 5.95 Å². The fourth-order valence-electron chi connectivity index (χ4n) is 3.26. The zero-order chi connectivity index (χ0) is 19.5. The SMILES string of the molecule is Cc1nn(C)c(C)c1-c1ccnc(NCCc2cnn(-c3ccccc3)c2)n1. The molecule has 142 valence electrons. The summed E-state index contributed by atoms with van der Waals surface area (Å²) in [4.78, 5) is 9.01. The van der Waals surface area contributed by atoms with E-state index in [4.69, 9.17) is 0 Å². The molecule has 28 heavy (non-hydrogen) atoms. The van der Waals surface area contributed by atoms with E-state index >= 15 is 0 Å². The molecule has 0 unspecified atom stereocenters. The van der Waals surface area contributed by atoms with Crippen molar-refractivity contribution >= 4 is 5.95 Å². The Morgan fingerprint density at radius 2 is 1.89 bits per heavy atom. The molecule has 7 heteroatoms. The summed E-state index contributed by atoms with van der Waals surface area (Å²) in [5, 5.41) is 12.2. The van der Waals surface area contributed by atoms with Crippen molar-refractivity contribution in [2.75, 3.05) is 11.9 Å².